The van der Waals surface area contributed by atoms with E-state index in [-0.39, 0.29) is 0 Å². The normalized spacial score (nSPS) is 10.5. The van der Waals surface area contributed by atoms with Crippen molar-refractivity contribution in [2.45, 2.75) is 38.1 Å². The van der Waals surface area contributed by atoms with Gasteiger partial charge >= 0.3 is 0 Å². The Morgan fingerprint density at radius 3 is 2.79 bits per heavy atom. The van der Waals surface area contributed by atoms with Gasteiger partial charge in [0.1, 0.15) is 5.03 Å². The zero-order chi connectivity index (χ0) is 10.4. The highest BCUT2D eigenvalue weighted by Crippen LogP contribution is 2.19. The van der Waals surface area contributed by atoms with E-state index in [0.717, 1.165) is 16.5 Å². The number of thioether (sulfide) groups is 1. The molecule has 1 aromatic rings. The van der Waals surface area contributed by atoms with Crippen molar-refractivity contribution in [1.82, 2.24) is 9.97 Å². The van der Waals surface area contributed by atoms with Gasteiger partial charge in [0, 0.05) is 5.69 Å². The van der Waals surface area contributed by atoms with Gasteiger partial charge in [-0.05, 0) is 36.8 Å². The lowest BCUT2D eigenvalue weighted by Gasteiger charge is -2.01. The quantitative estimate of drug-likeness (QED) is 0.334. The molecular formula is C10H15ClN2S. The Kier molecular flexibility index (Phi) is 5.26. The van der Waals surface area contributed by atoms with Crippen molar-refractivity contribution in [3.8, 4) is 0 Å². The van der Waals surface area contributed by atoms with Crippen LogP contribution in [0.3, 0.4) is 0 Å². The molecule has 0 spiro atoms. The van der Waals surface area contributed by atoms with Gasteiger partial charge in [-0.1, -0.05) is 19.8 Å². The molecule has 14 heavy (non-hydrogen) atoms. The van der Waals surface area contributed by atoms with Gasteiger partial charge < -0.3 is 0 Å². The average Bonchev–Trinajstić information content (AvgIpc) is 2.11. The van der Waals surface area contributed by atoms with E-state index in [9.17, 15) is 0 Å². The predicted molar refractivity (Wildman–Crippen MR) is 62.0 cm³/mol. The lowest BCUT2D eigenvalue weighted by molar-refractivity contribution is 0.778. The summed E-state index contributed by atoms with van der Waals surface area (Å²) in [6, 6.07) is 1.97. The topological polar surface area (TPSA) is 25.8 Å². The molecular weight excluding hydrogens is 216 g/mol. The SMILES string of the molecule is CCCCCSc1cc(C)nc(Cl)n1. The minimum absolute atomic E-state index is 0.350. The van der Waals surface area contributed by atoms with Crippen molar-refractivity contribution in [1.29, 1.82) is 0 Å². The van der Waals surface area contributed by atoms with Crippen molar-refractivity contribution >= 4 is 23.4 Å². The Morgan fingerprint density at radius 1 is 1.36 bits per heavy atom. The van der Waals surface area contributed by atoms with Crippen molar-refractivity contribution in [3.63, 3.8) is 0 Å². The first-order chi connectivity index (χ1) is 6.72. The number of hydrogen-bond donors (Lipinski definition) is 0. The maximum atomic E-state index is 5.75. The van der Waals surface area contributed by atoms with Crippen molar-refractivity contribution in [2.24, 2.45) is 0 Å². The predicted octanol–water partition coefficient (Wildman–Crippen LogP) is 3.72. The molecule has 0 aromatic carbocycles. The first-order valence-corrected chi connectivity index (χ1v) is 6.22. The molecule has 2 nitrogen and oxygen atoms in total. The molecule has 0 fully saturated rings. The van der Waals surface area contributed by atoms with Gasteiger partial charge in [0.05, 0.1) is 0 Å². The summed E-state index contributed by atoms with van der Waals surface area (Å²) in [5, 5.41) is 1.33. The average molecular weight is 231 g/mol. The molecule has 0 saturated carbocycles. The number of aromatic nitrogens is 2. The smallest absolute Gasteiger partial charge is 0.223 e. The van der Waals surface area contributed by atoms with Crippen LogP contribution >= 0.6 is 23.4 Å². The second-order valence-corrected chi connectivity index (χ2v) is 4.63. The second kappa shape index (κ2) is 6.25. The minimum atomic E-state index is 0.350. The summed E-state index contributed by atoms with van der Waals surface area (Å²) in [6.45, 7) is 4.14. The van der Waals surface area contributed by atoms with E-state index >= 15 is 0 Å². The Bertz CT molecular complexity index is 271. The molecule has 1 aromatic heterocycles. The van der Waals surface area contributed by atoms with Crippen LogP contribution in [0.1, 0.15) is 31.9 Å². The lowest BCUT2D eigenvalue weighted by atomic mass is 10.3. The molecule has 0 amide bonds. The third kappa shape index (κ3) is 4.29. The summed E-state index contributed by atoms with van der Waals surface area (Å²) >= 11 is 7.51. The van der Waals surface area contributed by atoms with Crippen LogP contribution in [0.25, 0.3) is 0 Å². The highest BCUT2D eigenvalue weighted by molar-refractivity contribution is 7.99. The van der Waals surface area contributed by atoms with E-state index in [2.05, 4.69) is 16.9 Å². The molecule has 4 heteroatoms. The summed E-state index contributed by atoms with van der Waals surface area (Å²) in [6.07, 6.45) is 3.77. The fourth-order valence-electron chi connectivity index (χ4n) is 1.11. The Balaban J connectivity index is 2.42. The highest BCUT2D eigenvalue weighted by Gasteiger charge is 2.00. The first kappa shape index (κ1) is 11.8. The van der Waals surface area contributed by atoms with Gasteiger partial charge in [0.15, 0.2) is 0 Å². The third-order valence-corrected chi connectivity index (χ3v) is 2.97. The van der Waals surface area contributed by atoms with Gasteiger partial charge in [-0.3, -0.25) is 0 Å². The number of rotatable bonds is 5. The molecule has 78 valence electrons. The molecule has 0 aliphatic heterocycles. The molecule has 0 saturated heterocycles. The molecule has 0 N–H and O–H groups in total. The van der Waals surface area contributed by atoms with Crippen molar-refractivity contribution < 1.29 is 0 Å². The molecule has 1 heterocycles. The number of unbranched alkanes of at least 4 members (excludes halogenated alkanes) is 2. The molecule has 0 bridgehead atoms. The van der Waals surface area contributed by atoms with Crippen molar-refractivity contribution in [3.05, 3.63) is 17.0 Å². The van der Waals surface area contributed by atoms with E-state index < -0.39 is 0 Å². The Hall–Kier alpha value is -0.280. The maximum absolute atomic E-state index is 5.75. The van der Waals surface area contributed by atoms with E-state index in [4.69, 9.17) is 11.6 Å². The Labute approximate surface area is 94.5 Å². The van der Waals surface area contributed by atoms with Crippen LogP contribution in [0.15, 0.2) is 11.1 Å². The number of aryl methyl sites for hydroxylation is 1. The van der Waals surface area contributed by atoms with Crippen LogP contribution in [0, 0.1) is 6.92 Å². The summed E-state index contributed by atoms with van der Waals surface area (Å²) in [5.74, 6) is 1.11. The zero-order valence-corrected chi connectivity index (χ0v) is 10.2. The van der Waals surface area contributed by atoms with Gasteiger partial charge in [-0.15, -0.1) is 11.8 Å². The van der Waals surface area contributed by atoms with Crippen LogP contribution < -0.4 is 0 Å². The van der Waals surface area contributed by atoms with Crippen LogP contribution in [0.5, 0.6) is 0 Å². The Morgan fingerprint density at radius 2 is 2.14 bits per heavy atom. The first-order valence-electron chi connectivity index (χ1n) is 4.86. The van der Waals surface area contributed by atoms with Crippen LogP contribution in [0.4, 0.5) is 0 Å². The zero-order valence-electron chi connectivity index (χ0n) is 8.59. The second-order valence-electron chi connectivity index (χ2n) is 3.17. The molecule has 0 atom stereocenters. The van der Waals surface area contributed by atoms with Crippen LogP contribution in [0.2, 0.25) is 5.28 Å². The molecule has 0 radical (unpaired) electrons. The fraction of sp³-hybridized carbons (Fsp3) is 0.600. The largest absolute Gasteiger partial charge is 0.223 e. The fourth-order valence-corrected chi connectivity index (χ4v) is 2.34. The molecule has 0 aliphatic carbocycles. The number of hydrogen-bond acceptors (Lipinski definition) is 3. The van der Waals surface area contributed by atoms with Gasteiger partial charge in [-0.25, -0.2) is 9.97 Å². The van der Waals surface area contributed by atoms with Gasteiger partial charge in [0.2, 0.25) is 5.28 Å². The van der Waals surface area contributed by atoms with Gasteiger partial charge in [-0.2, -0.15) is 0 Å². The molecule has 0 aliphatic rings. The standard InChI is InChI=1S/C10H15ClN2S/c1-3-4-5-6-14-9-7-8(2)12-10(11)13-9/h7H,3-6H2,1-2H3. The maximum Gasteiger partial charge on any atom is 0.223 e. The third-order valence-electron chi connectivity index (χ3n) is 1.80. The monoisotopic (exact) mass is 230 g/mol. The summed E-state index contributed by atoms with van der Waals surface area (Å²) in [5.41, 5.74) is 0.933. The number of halogens is 1. The van der Waals surface area contributed by atoms with Crippen LogP contribution in [-0.2, 0) is 0 Å². The van der Waals surface area contributed by atoms with Crippen LogP contribution in [-0.4, -0.2) is 15.7 Å². The summed E-state index contributed by atoms with van der Waals surface area (Å²) < 4.78 is 0. The lowest BCUT2D eigenvalue weighted by Crippen LogP contribution is -1.90. The van der Waals surface area contributed by atoms with E-state index in [1.165, 1.54) is 19.3 Å². The molecule has 1 rings (SSSR count). The molecule has 0 unspecified atom stereocenters. The number of nitrogens with zero attached hydrogens (tertiary/aromatic N) is 2. The summed E-state index contributed by atoms with van der Waals surface area (Å²) in [4.78, 5) is 8.17. The minimum Gasteiger partial charge on any atom is -0.223 e. The highest BCUT2D eigenvalue weighted by atomic mass is 35.5. The van der Waals surface area contributed by atoms with Crippen molar-refractivity contribution in [2.75, 3.05) is 5.75 Å². The van der Waals surface area contributed by atoms with E-state index in [1.807, 2.05) is 13.0 Å². The van der Waals surface area contributed by atoms with E-state index in [1.54, 1.807) is 11.8 Å². The van der Waals surface area contributed by atoms with E-state index in [0.29, 0.717) is 5.28 Å². The summed E-state index contributed by atoms with van der Waals surface area (Å²) in [7, 11) is 0. The van der Waals surface area contributed by atoms with Gasteiger partial charge in [0.25, 0.3) is 0 Å².